The first-order valence-electron chi connectivity index (χ1n) is 7.33. The summed E-state index contributed by atoms with van der Waals surface area (Å²) in [4.78, 5) is 12.1. The van der Waals surface area contributed by atoms with Gasteiger partial charge >= 0.3 is 0 Å². The number of hydrogen-bond acceptors (Lipinski definition) is 3. The lowest BCUT2D eigenvalue weighted by molar-refractivity contribution is -0.119. The lowest BCUT2D eigenvalue weighted by atomic mass is 10.1. The number of nitrogens with zero attached hydrogens (tertiary/aromatic N) is 2. The Labute approximate surface area is 124 Å². The maximum Gasteiger partial charge on any atom is 0.227 e. The zero-order valence-electron chi connectivity index (χ0n) is 11.9. The van der Waals surface area contributed by atoms with E-state index in [1.165, 1.54) is 0 Å². The molecule has 3 rings (SSSR count). The molecule has 0 aliphatic heterocycles. The Kier molecular flexibility index (Phi) is 4.01. The third kappa shape index (κ3) is 3.49. The second-order valence-corrected chi connectivity index (χ2v) is 5.66. The Morgan fingerprint density at radius 2 is 2.14 bits per heavy atom. The molecule has 110 valence electrons. The van der Waals surface area contributed by atoms with E-state index in [1.807, 2.05) is 41.2 Å². The third-order valence-corrected chi connectivity index (χ3v) is 3.97. The summed E-state index contributed by atoms with van der Waals surface area (Å²) in [6.45, 7) is 0.735. The van der Waals surface area contributed by atoms with Crippen LogP contribution in [0.25, 0.3) is 0 Å². The van der Waals surface area contributed by atoms with Crippen molar-refractivity contribution in [3.63, 3.8) is 0 Å². The number of benzene rings is 1. The second-order valence-electron chi connectivity index (χ2n) is 5.66. The smallest absolute Gasteiger partial charge is 0.227 e. The molecule has 3 N–H and O–H groups in total. The lowest BCUT2D eigenvalue weighted by Crippen LogP contribution is -2.23. The van der Waals surface area contributed by atoms with Gasteiger partial charge in [0.15, 0.2) is 0 Å². The lowest BCUT2D eigenvalue weighted by Gasteiger charge is -2.11. The monoisotopic (exact) mass is 284 g/mol. The van der Waals surface area contributed by atoms with Crippen LogP contribution in [0, 0.1) is 5.92 Å². The van der Waals surface area contributed by atoms with Crippen molar-refractivity contribution in [2.24, 2.45) is 11.7 Å². The Hall–Kier alpha value is -2.14. The van der Waals surface area contributed by atoms with Crippen molar-refractivity contribution in [1.29, 1.82) is 0 Å². The highest BCUT2D eigenvalue weighted by molar-refractivity contribution is 5.92. The first-order chi connectivity index (χ1) is 10.2. The van der Waals surface area contributed by atoms with Gasteiger partial charge in [0.2, 0.25) is 5.91 Å². The van der Waals surface area contributed by atoms with Gasteiger partial charge in [-0.3, -0.25) is 9.48 Å². The van der Waals surface area contributed by atoms with E-state index in [0.717, 1.165) is 37.1 Å². The van der Waals surface area contributed by atoms with Crippen LogP contribution < -0.4 is 11.1 Å². The van der Waals surface area contributed by atoms with Gasteiger partial charge in [0.1, 0.15) is 0 Å². The van der Waals surface area contributed by atoms with E-state index in [9.17, 15) is 4.79 Å². The van der Waals surface area contributed by atoms with E-state index in [4.69, 9.17) is 5.73 Å². The molecule has 21 heavy (non-hydrogen) atoms. The summed E-state index contributed by atoms with van der Waals surface area (Å²) in [6.07, 6.45) is 6.33. The van der Waals surface area contributed by atoms with E-state index in [1.54, 1.807) is 6.20 Å². The molecule has 1 aromatic carbocycles. The van der Waals surface area contributed by atoms with Gasteiger partial charge < -0.3 is 11.1 Å². The molecule has 1 fully saturated rings. The number of rotatable bonds is 4. The number of anilines is 1. The van der Waals surface area contributed by atoms with E-state index < -0.39 is 0 Å². The fourth-order valence-electron chi connectivity index (χ4n) is 2.77. The molecule has 1 aromatic heterocycles. The van der Waals surface area contributed by atoms with Crippen molar-refractivity contribution in [2.45, 2.75) is 31.8 Å². The molecule has 1 saturated carbocycles. The first kappa shape index (κ1) is 13.8. The van der Waals surface area contributed by atoms with Crippen LogP contribution in [0.4, 0.5) is 5.69 Å². The van der Waals surface area contributed by atoms with Crippen molar-refractivity contribution >= 4 is 11.6 Å². The predicted molar refractivity (Wildman–Crippen MR) is 81.7 cm³/mol. The van der Waals surface area contributed by atoms with Crippen LogP contribution in [0.3, 0.4) is 0 Å². The molecule has 2 aromatic rings. The Bertz CT molecular complexity index is 591. The minimum Gasteiger partial charge on any atom is -0.328 e. The number of amides is 1. The second kappa shape index (κ2) is 6.10. The highest BCUT2D eigenvalue weighted by Crippen LogP contribution is 2.25. The van der Waals surface area contributed by atoms with Crippen molar-refractivity contribution in [1.82, 2.24) is 9.78 Å². The van der Waals surface area contributed by atoms with Gasteiger partial charge in [-0.15, -0.1) is 0 Å². The van der Waals surface area contributed by atoms with Crippen molar-refractivity contribution in [3.8, 4) is 0 Å². The molecule has 0 bridgehead atoms. The van der Waals surface area contributed by atoms with E-state index in [-0.39, 0.29) is 17.9 Å². The number of nitrogens with two attached hydrogens (primary N) is 1. The summed E-state index contributed by atoms with van der Waals surface area (Å²) >= 11 is 0. The van der Waals surface area contributed by atoms with Crippen LogP contribution in [0.5, 0.6) is 0 Å². The molecule has 0 radical (unpaired) electrons. The molecule has 2 unspecified atom stereocenters. The largest absolute Gasteiger partial charge is 0.328 e. The van der Waals surface area contributed by atoms with E-state index in [0.29, 0.717) is 0 Å². The maximum atomic E-state index is 12.1. The predicted octanol–water partition coefficient (Wildman–Crippen LogP) is 2.00. The summed E-state index contributed by atoms with van der Waals surface area (Å²) in [5, 5.41) is 7.15. The molecule has 1 aliphatic rings. The molecule has 1 aliphatic carbocycles. The number of carbonyl (C=O) groups excluding carboxylic acids is 1. The summed E-state index contributed by atoms with van der Waals surface area (Å²) < 4.78 is 1.87. The van der Waals surface area contributed by atoms with Crippen LogP contribution in [0.1, 0.15) is 24.8 Å². The van der Waals surface area contributed by atoms with Gasteiger partial charge in [-0.25, -0.2) is 0 Å². The molecule has 0 spiro atoms. The van der Waals surface area contributed by atoms with Gasteiger partial charge in [-0.2, -0.15) is 5.10 Å². The standard InChI is InChI=1S/C16H20N4O/c17-14-5-4-13(10-14)16(21)19-15-6-2-12(3-7-15)11-20-9-1-8-18-20/h1-3,6-9,13-14H,4-5,10-11,17H2,(H,19,21). The van der Waals surface area contributed by atoms with Gasteiger partial charge in [0.05, 0.1) is 6.54 Å². The normalized spacial score (nSPS) is 21.4. The summed E-state index contributed by atoms with van der Waals surface area (Å²) in [5.74, 6) is 0.145. The Morgan fingerprint density at radius 3 is 2.76 bits per heavy atom. The molecule has 0 saturated heterocycles. The maximum absolute atomic E-state index is 12.1. The fraction of sp³-hybridized carbons (Fsp3) is 0.375. The van der Waals surface area contributed by atoms with Gasteiger partial charge in [-0.1, -0.05) is 12.1 Å². The van der Waals surface area contributed by atoms with Gasteiger partial charge in [0.25, 0.3) is 0 Å². The topological polar surface area (TPSA) is 72.9 Å². The van der Waals surface area contributed by atoms with Crippen LogP contribution >= 0.6 is 0 Å². The number of aromatic nitrogens is 2. The van der Waals surface area contributed by atoms with Crippen LogP contribution in [-0.2, 0) is 11.3 Å². The number of carbonyl (C=O) groups is 1. The number of nitrogens with one attached hydrogen (secondary N) is 1. The van der Waals surface area contributed by atoms with Crippen molar-refractivity contribution in [2.75, 3.05) is 5.32 Å². The summed E-state index contributed by atoms with van der Waals surface area (Å²) in [5.41, 5.74) is 7.84. The van der Waals surface area contributed by atoms with Crippen LogP contribution in [0.2, 0.25) is 0 Å². The molecule has 5 heteroatoms. The van der Waals surface area contributed by atoms with Gasteiger partial charge in [-0.05, 0) is 43.0 Å². The average Bonchev–Trinajstić information content (AvgIpc) is 3.12. The molecule has 1 amide bonds. The average molecular weight is 284 g/mol. The quantitative estimate of drug-likeness (QED) is 0.902. The first-order valence-corrected chi connectivity index (χ1v) is 7.33. The van der Waals surface area contributed by atoms with Crippen LogP contribution in [-0.4, -0.2) is 21.7 Å². The highest BCUT2D eigenvalue weighted by atomic mass is 16.1. The molecular weight excluding hydrogens is 264 g/mol. The summed E-state index contributed by atoms with van der Waals surface area (Å²) in [7, 11) is 0. The molecule has 5 nitrogen and oxygen atoms in total. The number of hydrogen-bond donors (Lipinski definition) is 2. The van der Waals surface area contributed by atoms with Gasteiger partial charge in [0, 0.05) is 30.0 Å². The zero-order chi connectivity index (χ0) is 14.7. The van der Waals surface area contributed by atoms with Crippen LogP contribution in [0.15, 0.2) is 42.7 Å². The Morgan fingerprint density at radius 1 is 1.33 bits per heavy atom. The SMILES string of the molecule is NC1CCC(C(=O)Nc2ccc(Cn3cccn3)cc2)C1. The minimum absolute atomic E-state index is 0.0590. The van der Waals surface area contributed by atoms with Crippen molar-refractivity contribution in [3.05, 3.63) is 48.3 Å². The minimum atomic E-state index is 0.0590. The van der Waals surface area contributed by atoms with E-state index >= 15 is 0 Å². The Balaban J connectivity index is 1.58. The highest BCUT2D eigenvalue weighted by Gasteiger charge is 2.27. The fourth-order valence-corrected chi connectivity index (χ4v) is 2.77. The molecule has 2 atom stereocenters. The summed E-state index contributed by atoms with van der Waals surface area (Å²) in [6, 6.07) is 9.98. The molecule has 1 heterocycles. The van der Waals surface area contributed by atoms with Crippen molar-refractivity contribution < 1.29 is 4.79 Å². The van der Waals surface area contributed by atoms with E-state index in [2.05, 4.69) is 10.4 Å². The zero-order valence-corrected chi connectivity index (χ0v) is 11.9. The third-order valence-electron chi connectivity index (χ3n) is 3.97. The molecular formula is C16H20N4O.